The molecule has 9 nitrogen and oxygen atoms in total. The minimum Gasteiger partial charge on any atom is -0.497 e. The lowest BCUT2D eigenvalue weighted by Gasteiger charge is -2.34. The summed E-state index contributed by atoms with van der Waals surface area (Å²) in [7, 11) is -1.36. The first-order valence-corrected chi connectivity index (χ1v) is 15.4. The summed E-state index contributed by atoms with van der Waals surface area (Å²) in [4.78, 5) is 29.1. The Kier molecular flexibility index (Phi) is 11.4. The second-order valence-electron chi connectivity index (χ2n) is 10.1. The fourth-order valence-corrected chi connectivity index (χ4v) is 5.90. The van der Waals surface area contributed by atoms with Crippen molar-refractivity contribution in [2.75, 3.05) is 25.1 Å². The van der Waals surface area contributed by atoms with Gasteiger partial charge in [0.15, 0.2) is 0 Å². The average Bonchev–Trinajstić information content (AvgIpc) is 2.99. The van der Waals surface area contributed by atoms with E-state index in [9.17, 15) is 18.0 Å². The van der Waals surface area contributed by atoms with Crippen molar-refractivity contribution in [3.63, 3.8) is 0 Å². The molecule has 0 radical (unpaired) electrons. The number of methoxy groups -OCH3 is 2. The fraction of sp³-hybridized carbons (Fsp3) is 0.375. The summed E-state index contributed by atoms with van der Waals surface area (Å²) < 4.78 is 40.3. The SMILES string of the molecule is CCC(C)NC(=O)C(CC)N(Cc1ccccc1)C(=O)CN(c1cc(OC)ccc1OC)S(=O)(=O)c1ccc(C)cc1. The van der Waals surface area contributed by atoms with Gasteiger partial charge < -0.3 is 19.7 Å². The van der Waals surface area contributed by atoms with Crippen molar-refractivity contribution in [2.45, 2.75) is 64.1 Å². The van der Waals surface area contributed by atoms with Crippen LogP contribution in [0.15, 0.2) is 77.7 Å². The highest BCUT2D eigenvalue weighted by Crippen LogP contribution is 2.36. The van der Waals surface area contributed by atoms with Gasteiger partial charge in [0.05, 0.1) is 24.8 Å². The highest BCUT2D eigenvalue weighted by molar-refractivity contribution is 7.92. The predicted octanol–water partition coefficient (Wildman–Crippen LogP) is 4.93. The number of benzene rings is 3. The number of sulfonamides is 1. The van der Waals surface area contributed by atoms with Crippen LogP contribution in [0, 0.1) is 6.92 Å². The maximum atomic E-state index is 14.2. The fourth-order valence-electron chi connectivity index (χ4n) is 4.48. The van der Waals surface area contributed by atoms with Crippen LogP contribution in [0.3, 0.4) is 0 Å². The molecule has 0 aromatic heterocycles. The number of hydrogen-bond acceptors (Lipinski definition) is 6. The number of carbonyl (C=O) groups excluding carboxylic acids is 2. The summed E-state index contributed by atoms with van der Waals surface area (Å²) in [6, 6.07) is 19.6. The molecule has 0 saturated heterocycles. The van der Waals surface area contributed by atoms with Crippen LogP contribution in [0.2, 0.25) is 0 Å². The summed E-state index contributed by atoms with van der Waals surface area (Å²) in [6.45, 7) is 7.12. The lowest BCUT2D eigenvalue weighted by molar-refractivity contribution is -0.140. The maximum Gasteiger partial charge on any atom is 0.264 e. The Morgan fingerprint density at radius 3 is 2.14 bits per heavy atom. The van der Waals surface area contributed by atoms with Crippen molar-refractivity contribution in [2.24, 2.45) is 0 Å². The van der Waals surface area contributed by atoms with E-state index in [1.165, 1.54) is 37.3 Å². The molecule has 3 aromatic carbocycles. The van der Waals surface area contributed by atoms with Gasteiger partial charge in [0, 0.05) is 18.7 Å². The van der Waals surface area contributed by atoms with Gasteiger partial charge in [0.1, 0.15) is 24.1 Å². The molecule has 226 valence electrons. The molecule has 2 amide bonds. The molecular weight excluding hydrogens is 554 g/mol. The molecule has 1 N–H and O–H groups in total. The van der Waals surface area contributed by atoms with Crippen LogP contribution >= 0.6 is 0 Å². The van der Waals surface area contributed by atoms with Crippen LogP contribution in [-0.4, -0.2) is 58.0 Å². The number of nitrogens with zero attached hydrogens (tertiary/aromatic N) is 2. The standard InChI is InChI=1S/C32H41N3O6S/c1-7-24(4)33-32(37)28(8-2)34(21-25-12-10-9-11-13-25)31(36)22-35(29-20-26(40-5)16-19-30(29)41-6)42(38,39)27-17-14-23(3)15-18-27/h9-20,24,28H,7-8,21-22H2,1-6H3,(H,33,37). The van der Waals surface area contributed by atoms with Crippen LogP contribution in [-0.2, 0) is 26.2 Å². The minimum atomic E-state index is -4.26. The van der Waals surface area contributed by atoms with Gasteiger partial charge in [0.25, 0.3) is 10.0 Å². The smallest absolute Gasteiger partial charge is 0.264 e. The Morgan fingerprint density at radius 1 is 0.905 bits per heavy atom. The monoisotopic (exact) mass is 595 g/mol. The van der Waals surface area contributed by atoms with Crippen LogP contribution in [0.1, 0.15) is 44.7 Å². The van der Waals surface area contributed by atoms with E-state index in [1.807, 2.05) is 58.0 Å². The summed E-state index contributed by atoms with van der Waals surface area (Å²) in [6.07, 6.45) is 1.07. The Balaban J connectivity index is 2.14. The quantitative estimate of drug-likeness (QED) is 0.283. The van der Waals surface area contributed by atoms with Gasteiger partial charge in [-0.25, -0.2) is 8.42 Å². The molecular formula is C32H41N3O6S. The summed E-state index contributed by atoms with van der Waals surface area (Å²) in [5.41, 5.74) is 1.85. The molecule has 0 bridgehead atoms. The second-order valence-corrected chi connectivity index (χ2v) is 12.0. The third kappa shape index (κ3) is 7.82. The average molecular weight is 596 g/mol. The number of hydrogen-bond donors (Lipinski definition) is 1. The van der Waals surface area contributed by atoms with E-state index in [0.717, 1.165) is 21.9 Å². The number of aryl methyl sites for hydroxylation is 1. The first kappa shape index (κ1) is 32.5. The van der Waals surface area contributed by atoms with Crippen molar-refractivity contribution in [1.82, 2.24) is 10.2 Å². The topological polar surface area (TPSA) is 105 Å². The first-order chi connectivity index (χ1) is 20.0. The Hall–Kier alpha value is -4.05. The predicted molar refractivity (Wildman–Crippen MR) is 164 cm³/mol. The van der Waals surface area contributed by atoms with Crippen LogP contribution < -0.4 is 19.1 Å². The second kappa shape index (κ2) is 14.7. The summed E-state index contributed by atoms with van der Waals surface area (Å²) >= 11 is 0. The Bertz CT molecular complexity index is 1440. The van der Waals surface area contributed by atoms with E-state index in [0.29, 0.717) is 12.2 Å². The van der Waals surface area contributed by atoms with Gasteiger partial charge in [-0.2, -0.15) is 0 Å². The van der Waals surface area contributed by atoms with Crippen molar-refractivity contribution in [1.29, 1.82) is 0 Å². The number of anilines is 1. The van der Waals surface area contributed by atoms with Crippen molar-refractivity contribution in [3.8, 4) is 11.5 Å². The van der Waals surface area contributed by atoms with Crippen molar-refractivity contribution in [3.05, 3.63) is 83.9 Å². The van der Waals surface area contributed by atoms with Crippen LogP contribution in [0.25, 0.3) is 0 Å². The third-order valence-electron chi connectivity index (χ3n) is 7.13. The zero-order valence-electron chi connectivity index (χ0n) is 25.2. The molecule has 0 saturated carbocycles. The van der Waals surface area contributed by atoms with Crippen molar-refractivity contribution >= 4 is 27.5 Å². The number of rotatable bonds is 14. The molecule has 3 rings (SSSR count). The minimum absolute atomic E-state index is 0.0157. The number of amides is 2. The van der Waals surface area contributed by atoms with E-state index in [1.54, 1.807) is 24.3 Å². The molecule has 0 aliphatic carbocycles. The number of ether oxygens (including phenoxy) is 2. The highest BCUT2D eigenvalue weighted by atomic mass is 32.2. The van der Waals surface area contributed by atoms with Gasteiger partial charge in [-0.3, -0.25) is 13.9 Å². The lowest BCUT2D eigenvalue weighted by atomic mass is 10.1. The lowest BCUT2D eigenvalue weighted by Crippen LogP contribution is -2.53. The molecule has 2 unspecified atom stereocenters. The zero-order valence-corrected chi connectivity index (χ0v) is 26.0. The summed E-state index contributed by atoms with van der Waals surface area (Å²) in [5, 5.41) is 2.98. The highest BCUT2D eigenvalue weighted by Gasteiger charge is 2.35. The van der Waals surface area contributed by atoms with Gasteiger partial charge in [0.2, 0.25) is 11.8 Å². The molecule has 2 atom stereocenters. The molecule has 10 heteroatoms. The molecule has 0 spiro atoms. The third-order valence-corrected chi connectivity index (χ3v) is 8.90. The van der Waals surface area contributed by atoms with E-state index < -0.39 is 28.5 Å². The van der Waals surface area contributed by atoms with E-state index >= 15 is 0 Å². The number of carbonyl (C=O) groups is 2. The Labute approximate surface area is 249 Å². The van der Waals surface area contributed by atoms with Gasteiger partial charge in [-0.05, 0) is 56.5 Å². The van der Waals surface area contributed by atoms with Gasteiger partial charge in [-0.15, -0.1) is 0 Å². The van der Waals surface area contributed by atoms with Gasteiger partial charge >= 0.3 is 0 Å². The molecule has 0 fully saturated rings. The molecule has 3 aromatic rings. The van der Waals surface area contributed by atoms with Crippen LogP contribution in [0.5, 0.6) is 11.5 Å². The molecule has 0 aliphatic heterocycles. The molecule has 42 heavy (non-hydrogen) atoms. The Morgan fingerprint density at radius 2 is 1.57 bits per heavy atom. The first-order valence-electron chi connectivity index (χ1n) is 14.0. The largest absolute Gasteiger partial charge is 0.497 e. The molecule has 0 aliphatic rings. The van der Waals surface area contributed by atoms with E-state index in [2.05, 4.69) is 5.32 Å². The summed E-state index contributed by atoms with van der Waals surface area (Å²) in [5.74, 6) is -0.188. The maximum absolute atomic E-state index is 14.2. The molecule has 0 heterocycles. The van der Waals surface area contributed by atoms with Gasteiger partial charge in [-0.1, -0.05) is 61.9 Å². The zero-order chi connectivity index (χ0) is 30.9. The van der Waals surface area contributed by atoms with Crippen molar-refractivity contribution < 1.29 is 27.5 Å². The normalized spacial score (nSPS) is 12.6. The number of nitrogens with one attached hydrogen (secondary N) is 1. The van der Waals surface area contributed by atoms with E-state index in [4.69, 9.17) is 9.47 Å². The van der Waals surface area contributed by atoms with Crippen LogP contribution in [0.4, 0.5) is 5.69 Å². The van der Waals surface area contributed by atoms with E-state index in [-0.39, 0.29) is 34.8 Å².